The predicted molar refractivity (Wildman–Crippen MR) is 55.1 cm³/mol. The minimum atomic E-state index is -0.549. The molecule has 1 aromatic heterocycles. The second-order valence-electron chi connectivity index (χ2n) is 3.03. The van der Waals surface area contributed by atoms with Gasteiger partial charge >= 0.3 is 5.97 Å². The van der Waals surface area contributed by atoms with E-state index in [4.69, 9.17) is 9.47 Å². The van der Waals surface area contributed by atoms with Crippen LogP contribution in [0.1, 0.15) is 19.5 Å². The summed E-state index contributed by atoms with van der Waals surface area (Å²) in [6.45, 7) is 4.13. The van der Waals surface area contributed by atoms with Crippen molar-refractivity contribution in [1.29, 1.82) is 0 Å². The van der Waals surface area contributed by atoms with Gasteiger partial charge in [0, 0.05) is 6.20 Å². The van der Waals surface area contributed by atoms with E-state index in [-0.39, 0.29) is 5.97 Å². The molecule has 0 bridgehead atoms. The van der Waals surface area contributed by atoms with Crippen molar-refractivity contribution >= 4 is 5.97 Å². The maximum absolute atomic E-state index is 11.2. The van der Waals surface area contributed by atoms with E-state index in [9.17, 15) is 4.79 Å². The number of esters is 1. The fourth-order valence-corrected chi connectivity index (χ4v) is 1.02. The molecule has 1 aromatic rings. The Bertz CT molecular complexity index is 300. The molecule has 0 aromatic carbocycles. The number of aromatic nitrogens is 1. The second kappa shape index (κ2) is 6.14. The van der Waals surface area contributed by atoms with Gasteiger partial charge in [-0.15, -0.1) is 0 Å². The largest absolute Gasteiger partial charge is 0.464 e. The van der Waals surface area contributed by atoms with Crippen molar-refractivity contribution in [1.82, 2.24) is 4.98 Å². The molecule has 0 saturated heterocycles. The molecule has 0 saturated carbocycles. The van der Waals surface area contributed by atoms with Crippen LogP contribution in [-0.4, -0.2) is 23.7 Å². The standard InChI is InChI=1S/C11H15NO3/c1-3-14-11(13)9(2)15-8-10-6-4-5-7-12-10/h4-7,9H,3,8H2,1-2H3. The summed E-state index contributed by atoms with van der Waals surface area (Å²) in [5.74, 6) is -0.339. The summed E-state index contributed by atoms with van der Waals surface area (Å²) >= 11 is 0. The summed E-state index contributed by atoms with van der Waals surface area (Å²) in [6.07, 6.45) is 1.14. The number of rotatable bonds is 5. The van der Waals surface area contributed by atoms with Crippen molar-refractivity contribution < 1.29 is 14.3 Å². The lowest BCUT2D eigenvalue weighted by Gasteiger charge is -2.11. The molecule has 0 aliphatic heterocycles. The van der Waals surface area contributed by atoms with E-state index in [1.54, 1.807) is 20.0 Å². The number of carbonyl (C=O) groups is 1. The number of carbonyl (C=O) groups excluding carboxylic acids is 1. The fourth-order valence-electron chi connectivity index (χ4n) is 1.02. The van der Waals surface area contributed by atoms with Crippen LogP contribution >= 0.6 is 0 Å². The molecule has 0 aliphatic rings. The SMILES string of the molecule is CCOC(=O)C(C)OCc1ccccn1. The molecule has 0 fully saturated rings. The first-order chi connectivity index (χ1) is 7.24. The van der Waals surface area contributed by atoms with Gasteiger partial charge in [0.05, 0.1) is 18.9 Å². The van der Waals surface area contributed by atoms with E-state index in [0.717, 1.165) is 5.69 Å². The topological polar surface area (TPSA) is 48.4 Å². The van der Waals surface area contributed by atoms with Crippen LogP contribution in [-0.2, 0) is 20.9 Å². The minimum absolute atomic E-state index is 0.320. The number of hydrogen-bond acceptors (Lipinski definition) is 4. The molecule has 15 heavy (non-hydrogen) atoms. The zero-order valence-corrected chi connectivity index (χ0v) is 8.97. The Morgan fingerprint density at radius 2 is 2.33 bits per heavy atom. The van der Waals surface area contributed by atoms with E-state index >= 15 is 0 Å². The smallest absolute Gasteiger partial charge is 0.334 e. The maximum atomic E-state index is 11.2. The third kappa shape index (κ3) is 4.08. The van der Waals surface area contributed by atoms with Crippen molar-refractivity contribution in [3.63, 3.8) is 0 Å². The van der Waals surface area contributed by atoms with Crippen LogP contribution in [0.25, 0.3) is 0 Å². The van der Waals surface area contributed by atoms with Gasteiger partial charge in [0.25, 0.3) is 0 Å². The maximum Gasteiger partial charge on any atom is 0.334 e. The quantitative estimate of drug-likeness (QED) is 0.690. The highest BCUT2D eigenvalue weighted by Crippen LogP contribution is 2.01. The highest BCUT2D eigenvalue weighted by Gasteiger charge is 2.14. The van der Waals surface area contributed by atoms with Gasteiger partial charge in [-0.1, -0.05) is 6.07 Å². The van der Waals surface area contributed by atoms with Crippen molar-refractivity contribution in [2.75, 3.05) is 6.61 Å². The lowest BCUT2D eigenvalue weighted by atomic mass is 10.3. The molecule has 1 atom stereocenters. The second-order valence-corrected chi connectivity index (χ2v) is 3.03. The Kier molecular flexibility index (Phi) is 4.77. The highest BCUT2D eigenvalue weighted by molar-refractivity contribution is 5.74. The van der Waals surface area contributed by atoms with Crippen LogP contribution in [0, 0.1) is 0 Å². The zero-order valence-electron chi connectivity index (χ0n) is 8.97. The molecule has 0 radical (unpaired) electrons. The summed E-state index contributed by atoms with van der Waals surface area (Å²) in [5, 5.41) is 0. The monoisotopic (exact) mass is 209 g/mol. The Labute approximate surface area is 89.2 Å². The molecule has 1 rings (SSSR count). The third-order valence-corrected chi connectivity index (χ3v) is 1.83. The number of hydrogen-bond donors (Lipinski definition) is 0. The van der Waals surface area contributed by atoms with Crippen LogP contribution in [0.15, 0.2) is 24.4 Å². The summed E-state index contributed by atoms with van der Waals surface area (Å²) in [7, 11) is 0. The highest BCUT2D eigenvalue weighted by atomic mass is 16.6. The first kappa shape index (κ1) is 11.7. The number of nitrogens with zero attached hydrogens (tertiary/aromatic N) is 1. The average molecular weight is 209 g/mol. The first-order valence-electron chi connectivity index (χ1n) is 4.92. The van der Waals surface area contributed by atoms with E-state index in [2.05, 4.69) is 4.98 Å². The minimum Gasteiger partial charge on any atom is -0.464 e. The summed E-state index contributed by atoms with van der Waals surface area (Å²) < 4.78 is 10.1. The van der Waals surface area contributed by atoms with Crippen LogP contribution < -0.4 is 0 Å². The lowest BCUT2D eigenvalue weighted by molar-refractivity contribution is -0.156. The molecular formula is C11H15NO3. The summed E-state index contributed by atoms with van der Waals surface area (Å²) in [4.78, 5) is 15.3. The molecule has 0 N–H and O–H groups in total. The normalized spacial score (nSPS) is 12.1. The first-order valence-corrected chi connectivity index (χ1v) is 4.92. The number of pyridine rings is 1. The molecule has 4 nitrogen and oxygen atoms in total. The molecule has 4 heteroatoms. The van der Waals surface area contributed by atoms with Gasteiger partial charge in [-0.3, -0.25) is 4.98 Å². The van der Waals surface area contributed by atoms with E-state index < -0.39 is 6.10 Å². The van der Waals surface area contributed by atoms with Crippen LogP contribution in [0.4, 0.5) is 0 Å². The van der Waals surface area contributed by atoms with Gasteiger partial charge in [0.15, 0.2) is 6.10 Å². The Balaban J connectivity index is 2.34. The Morgan fingerprint density at radius 3 is 2.93 bits per heavy atom. The molecule has 0 spiro atoms. The summed E-state index contributed by atoms with van der Waals surface area (Å²) in [5.41, 5.74) is 0.800. The van der Waals surface area contributed by atoms with Gasteiger partial charge in [-0.05, 0) is 26.0 Å². The predicted octanol–water partition coefficient (Wildman–Crippen LogP) is 1.55. The average Bonchev–Trinajstić information content (AvgIpc) is 2.27. The number of ether oxygens (including phenoxy) is 2. The van der Waals surface area contributed by atoms with E-state index in [1.165, 1.54) is 0 Å². The molecule has 0 amide bonds. The molecule has 1 unspecified atom stereocenters. The fraction of sp³-hybridized carbons (Fsp3) is 0.455. The third-order valence-electron chi connectivity index (χ3n) is 1.83. The van der Waals surface area contributed by atoms with Crippen molar-refractivity contribution in [2.24, 2.45) is 0 Å². The zero-order chi connectivity index (χ0) is 11.1. The van der Waals surface area contributed by atoms with Crippen LogP contribution in [0.2, 0.25) is 0 Å². The van der Waals surface area contributed by atoms with Gasteiger partial charge in [-0.2, -0.15) is 0 Å². The van der Waals surface area contributed by atoms with Gasteiger partial charge in [0.1, 0.15) is 0 Å². The van der Waals surface area contributed by atoms with Crippen molar-refractivity contribution in [2.45, 2.75) is 26.6 Å². The van der Waals surface area contributed by atoms with Crippen molar-refractivity contribution in [3.8, 4) is 0 Å². The van der Waals surface area contributed by atoms with Gasteiger partial charge in [0.2, 0.25) is 0 Å². The molecular weight excluding hydrogens is 194 g/mol. The van der Waals surface area contributed by atoms with Crippen LogP contribution in [0.5, 0.6) is 0 Å². The lowest BCUT2D eigenvalue weighted by Crippen LogP contribution is -2.23. The molecule has 1 heterocycles. The van der Waals surface area contributed by atoms with Crippen molar-refractivity contribution in [3.05, 3.63) is 30.1 Å². The van der Waals surface area contributed by atoms with Crippen LogP contribution in [0.3, 0.4) is 0 Å². The molecule has 82 valence electrons. The Morgan fingerprint density at radius 1 is 1.53 bits per heavy atom. The van der Waals surface area contributed by atoms with E-state index in [0.29, 0.717) is 13.2 Å². The van der Waals surface area contributed by atoms with Gasteiger partial charge in [-0.25, -0.2) is 4.79 Å². The summed E-state index contributed by atoms with van der Waals surface area (Å²) in [6, 6.07) is 5.55. The molecule has 0 aliphatic carbocycles. The van der Waals surface area contributed by atoms with E-state index in [1.807, 2.05) is 18.2 Å². The van der Waals surface area contributed by atoms with Gasteiger partial charge < -0.3 is 9.47 Å². The Hall–Kier alpha value is -1.42.